The van der Waals surface area contributed by atoms with Crippen molar-refractivity contribution in [2.24, 2.45) is 0 Å². The highest BCUT2D eigenvalue weighted by molar-refractivity contribution is 5.93. The summed E-state index contributed by atoms with van der Waals surface area (Å²) >= 11 is 0. The Hall–Kier alpha value is -2.30. The highest BCUT2D eigenvalue weighted by atomic mass is 16.5. The predicted octanol–water partition coefficient (Wildman–Crippen LogP) is -1.28. The number of aromatic amines is 1. The Labute approximate surface area is 149 Å². The van der Waals surface area contributed by atoms with Crippen LogP contribution in [0.5, 0.6) is 0 Å². The van der Waals surface area contributed by atoms with Crippen LogP contribution in [0.25, 0.3) is 5.78 Å². The van der Waals surface area contributed by atoms with Crippen molar-refractivity contribution in [2.75, 3.05) is 45.9 Å². The number of aliphatic hydroxyl groups is 1. The molecule has 0 bridgehead atoms. The summed E-state index contributed by atoms with van der Waals surface area (Å²) < 4.78 is 6.66. The molecule has 2 saturated heterocycles. The van der Waals surface area contributed by atoms with Gasteiger partial charge in [-0.05, 0) is 25.9 Å². The van der Waals surface area contributed by atoms with Crippen molar-refractivity contribution >= 4 is 11.7 Å². The zero-order chi connectivity index (χ0) is 18.1. The lowest BCUT2D eigenvalue weighted by molar-refractivity contribution is -0.0524. The molecule has 10 nitrogen and oxygen atoms in total. The van der Waals surface area contributed by atoms with E-state index >= 15 is 0 Å². The summed E-state index contributed by atoms with van der Waals surface area (Å²) in [6.45, 7) is 3.25. The van der Waals surface area contributed by atoms with E-state index in [0.717, 1.165) is 30.4 Å². The molecule has 1 amide bonds. The molecule has 2 aromatic heterocycles. The zero-order valence-corrected chi connectivity index (χ0v) is 14.4. The Morgan fingerprint density at radius 2 is 2.12 bits per heavy atom. The molecule has 10 heteroatoms. The Bertz CT molecular complexity index is 858. The number of rotatable bonds is 3. The van der Waals surface area contributed by atoms with E-state index in [-0.39, 0.29) is 24.5 Å². The number of likely N-dealkylation sites (tertiary alicyclic amines) is 1. The van der Waals surface area contributed by atoms with Crippen molar-refractivity contribution in [3.05, 3.63) is 28.4 Å². The second kappa shape index (κ2) is 6.78. The molecule has 0 aromatic carbocycles. The SMILES string of the molecule is O=C(c1cnc2nc[nH]n2c1=O)N1CCOCC(O)(CN2CCCC2)C1. The van der Waals surface area contributed by atoms with Crippen molar-refractivity contribution in [3.63, 3.8) is 0 Å². The molecule has 26 heavy (non-hydrogen) atoms. The predicted molar refractivity (Wildman–Crippen MR) is 91.0 cm³/mol. The lowest BCUT2D eigenvalue weighted by Gasteiger charge is -2.33. The number of fused-ring (bicyclic) bond motifs is 1. The molecule has 0 aliphatic carbocycles. The first-order valence-corrected chi connectivity index (χ1v) is 8.79. The molecule has 2 aliphatic rings. The summed E-state index contributed by atoms with van der Waals surface area (Å²) in [6, 6.07) is 0. The molecular weight excluding hydrogens is 340 g/mol. The van der Waals surface area contributed by atoms with Crippen LogP contribution < -0.4 is 5.56 Å². The number of β-amino-alcohol motifs (C(OH)–C–C–N with tert-alkyl or cyclic N) is 1. The van der Waals surface area contributed by atoms with Crippen LogP contribution in [0.15, 0.2) is 17.3 Å². The summed E-state index contributed by atoms with van der Waals surface area (Å²) in [7, 11) is 0. The van der Waals surface area contributed by atoms with Crippen molar-refractivity contribution in [2.45, 2.75) is 18.4 Å². The average molecular weight is 362 g/mol. The van der Waals surface area contributed by atoms with Crippen LogP contribution in [0.3, 0.4) is 0 Å². The topological polar surface area (TPSA) is 116 Å². The fraction of sp³-hybridized carbons (Fsp3) is 0.625. The summed E-state index contributed by atoms with van der Waals surface area (Å²) in [5, 5.41) is 13.7. The van der Waals surface area contributed by atoms with Crippen molar-refractivity contribution < 1.29 is 14.6 Å². The number of carbonyl (C=O) groups excluding carboxylic acids is 1. The van der Waals surface area contributed by atoms with Crippen LogP contribution in [0.1, 0.15) is 23.2 Å². The smallest absolute Gasteiger partial charge is 0.286 e. The van der Waals surface area contributed by atoms with Crippen LogP contribution >= 0.6 is 0 Å². The molecule has 2 aromatic rings. The molecule has 4 rings (SSSR count). The molecule has 1 atom stereocenters. The quantitative estimate of drug-likeness (QED) is 0.698. The number of nitrogens with zero attached hydrogens (tertiary/aromatic N) is 5. The lowest BCUT2D eigenvalue weighted by atomic mass is 10.0. The summed E-state index contributed by atoms with van der Waals surface area (Å²) in [4.78, 5) is 37.0. The Kier molecular flexibility index (Phi) is 4.47. The van der Waals surface area contributed by atoms with Gasteiger partial charge in [0.1, 0.15) is 17.5 Å². The van der Waals surface area contributed by atoms with Gasteiger partial charge in [0.25, 0.3) is 17.2 Å². The Morgan fingerprint density at radius 1 is 1.31 bits per heavy atom. The molecule has 4 heterocycles. The van der Waals surface area contributed by atoms with Crippen LogP contribution in [-0.4, -0.2) is 91.9 Å². The molecule has 1 unspecified atom stereocenters. The summed E-state index contributed by atoms with van der Waals surface area (Å²) in [5.74, 6) is -0.256. The molecule has 140 valence electrons. The van der Waals surface area contributed by atoms with Crippen LogP contribution in [0.2, 0.25) is 0 Å². The Morgan fingerprint density at radius 3 is 2.92 bits per heavy atom. The van der Waals surface area contributed by atoms with Gasteiger partial charge in [0.05, 0.1) is 19.8 Å². The molecule has 2 N–H and O–H groups in total. The molecule has 0 saturated carbocycles. The maximum atomic E-state index is 12.9. The maximum absolute atomic E-state index is 12.9. The number of hydrogen-bond acceptors (Lipinski definition) is 7. The van der Waals surface area contributed by atoms with Crippen molar-refractivity contribution in [1.29, 1.82) is 0 Å². The van der Waals surface area contributed by atoms with Gasteiger partial charge < -0.3 is 19.6 Å². The van der Waals surface area contributed by atoms with E-state index in [2.05, 4.69) is 20.0 Å². The first-order chi connectivity index (χ1) is 12.6. The summed E-state index contributed by atoms with van der Waals surface area (Å²) in [5.41, 5.74) is -1.72. The largest absolute Gasteiger partial charge is 0.384 e. The fourth-order valence-electron chi connectivity index (χ4n) is 3.66. The monoisotopic (exact) mass is 362 g/mol. The number of nitrogens with one attached hydrogen (secondary N) is 1. The molecule has 2 fully saturated rings. The van der Waals surface area contributed by atoms with Crippen LogP contribution in [-0.2, 0) is 4.74 Å². The van der Waals surface area contributed by atoms with Crippen LogP contribution in [0.4, 0.5) is 0 Å². The highest BCUT2D eigenvalue weighted by Gasteiger charge is 2.37. The second-order valence-electron chi connectivity index (χ2n) is 6.99. The van der Waals surface area contributed by atoms with Gasteiger partial charge in [0.15, 0.2) is 0 Å². The molecule has 0 radical (unpaired) electrons. The Balaban J connectivity index is 1.57. The number of amides is 1. The van der Waals surface area contributed by atoms with Gasteiger partial charge in [-0.1, -0.05) is 0 Å². The van der Waals surface area contributed by atoms with Gasteiger partial charge in [-0.3, -0.25) is 14.7 Å². The minimum Gasteiger partial charge on any atom is -0.384 e. The minimum atomic E-state index is -1.15. The van der Waals surface area contributed by atoms with Gasteiger partial charge in [0, 0.05) is 19.3 Å². The van der Waals surface area contributed by atoms with E-state index in [1.807, 2.05) is 0 Å². The van der Waals surface area contributed by atoms with Gasteiger partial charge >= 0.3 is 0 Å². The third-order valence-corrected chi connectivity index (χ3v) is 4.91. The zero-order valence-electron chi connectivity index (χ0n) is 14.4. The normalized spacial score (nSPS) is 24.9. The number of ether oxygens (including phenoxy) is 1. The van der Waals surface area contributed by atoms with Crippen molar-refractivity contribution in [1.82, 2.24) is 29.4 Å². The standard InChI is InChI=1S/C16H22N6O4/c23-13(12-7-17-15-18-11-19-22(15)14(12)24)21-5-6-26-10-16(25,9-21)8-20-3-1-2-4-20/h7,11,25H,1-6,8-10H2,(H,17,18,19). The van der Waals surface area contributed by atoms with Crippen LogP contribution in [0, 0.1) is 0 Å². The first-order valence-electron chi connectivity index (χ1n) is 8.79. The molecule has 0 spiro atoms. The third-order valence-electron chi connectivity index (χ3n) is 4.91. The van der Waals surface area contributed by atoms with Gasteiger partial charge in [-0.25, -0.2) is 9.97 Å². The maximum Gasteiger partial charge on any atom is 0.286 e. The van der Waals surface area contributed by atoms with Crippen molar-refractivity contribution in [3.8, 4) is 0 Å². The van der Waals surface area contributed by atoms with E-state index in [1.165, 1.54) is 17.4 Å². The number of H-pyrrole nitrogens is 1. The van der Waals surface area contributed by atoms with E-state index in [4.69, 9.17) is 4.74 Å². The van der Waals surface area contributed by atoms with E-state index in [0.29, 0.717) is 19.7 Å². The van der Waals surface area contributed by atoms with Gasteiger partial charge in [-0.15, -0.1) is 0 Å². The lowest BCUT2D eigenvalue weighted by Crippen LogP contribution is -2.53. The first kappa shape index (κ1) is 17.1. The number of hydrogen-bond donors (Lipinski definition) is 2. The second-order valence-corrected chi connectivity index (χ2v) is 6.99. The van der Waals surface area contributed by atoms with E-state index in [1.54, 1.807) is 0 Å². The number of aromatic nitrogens is 4. The average Bonchev–Trinajstić information content (AvgIpc) is 3.25. The third kappa shape index (κ3) is 3.22. The number of carbonyl (C=O) groups is 1. The molecular formula is C16H22N6O4. The van der Waals surface area contributed by atoms with E-state index < -0.39 is 17.1 Å². The van der Waals surface area contributed by atoms with Gasteiger partial charge in [-0.2, -0.15) is 4.52 Å². The highest BCUT2D eigenvalue weighted by Crippen LogP contribution is 2.18. The minimum absolute atomic E-state index is 0.0582. The van der Waals surface area contributed by atoms with Gasteiger partial charge in [0.2, 0.25) is 0 Å². The summed E-state index contributed by atoms with van der Waals surface area (Å²) in [6.07, 6.45) is 4.82. The molecule has 2 aliphatic heterocycles. The van der Waals surface area contributed by atoms with E-state index in [9.17, 15) is 14.7 Å². The fourth-order valence-corrected chi connectivity index (χ4v) is 3.66.